The van der Waals surface area contributed by atoms with Crippen LogP contribution in [0.3, 0.4) is 0 Å². The molecule has 1 aromatic rings. The Morgan fingerprint density at radius 2 is 1.88 bits per heavy atom. The second-order valence-electron chi connectivity index (χ2n) is 4.48. The Balaban J connectivity index is 2.16. The fourth-order valence-electron chi connectivity index (χ4n) is 1.69. The molecule has 90 valence electrons. The first kappa shape index (κ1) is 13.2. The van der Waals surface area contributed by atoms with Gasteiger partial charge in [-0.1, -0.05) is 44.2 Å². The molecule has 1 unspecified atom stereocenters. The topological polar surface area (TPSA) is 35.2 Å². The zero-order chi connectivity index (χ0) is 11.8. The number of benzene rings is 1. The first-order valence-corrected chi connectivity index (χ1v) is 6.09. The largest absolute Gasteiger partial charge is 0.377 e. The Labute approximate surface area is 98.8 Å². The molecule has 1 atom stereocenters. The van der Waals surface area contributed by atoms with Gasteiger partial charge in [-0.3, -0.25) is 0 Å². The Hall–Kier alpha value is -0.860. The highest BCUT2D eigenvalue weighted by Gasteiger charge is 2.10. The summed E-state index contributed by atoms with van der Waals surface area (Å²) in [5.74, 6) is 0.502. The first-order chi connectivity index (χ1) is 7.74. The number of nitrogens with two attached hydrogens (primary N) is 1. The van der Waals surface area contributed by atoms with E-state index in [1.807, 2.05) is 6.07 Å². The van der Waals surface area contributed by atoms with Gasteiger partial charge in [0.05, 0.1) is 6.10 Å². The molecule has 0 saturated heterocycles. The van der Waals surface area contributed by atoms with Crippen LogP contribution in [0.2, 0.25) is 0 Å². The summed E-state index contributed by atoms with van der Waals surface area (Å²) in [6.07, 6.45) is 2.35. The zero-order valence-corrected chi connectivity index (χ0v) is 10.4. The molecule has 0 spiro atoms. The van der Waals surface area contributed by atoms with Gasteiger partial charge in [0.25, 0.3) is 0 Å². The predicted molar refractivity (Wildman–Crippen MR) is 68.4 cm³/mol. The van der Waals surface area contributed by atoms with E-state index in [2.05, 4.69) is 38.1 Å². The lowest BCUT2D eigenvalue weighted by molar-refractivity contribution is 0.0274. The van der Waals surface area contributed by atoms with Gasteiger partial charge in [0, 0.05) is 13.2 Å². The van der Waals surface area contributed by atoms with E-state index < -0.39 is 0 Å². The average molecular weight is 221 g/mol. The SMILES string of the molecule is CC(C)C(CN)OCCCc1ccccc1. The fourth-order valence-corrected chi connectivity index (χ4v) is 1.69. The van der Waals surface area contributed by atoms with Crippen molar-refractivity contribution in [2.24, 2.45) is 11.7 Å². The molecule has 2 N–H and O–H groups in total. The minimum Gasteiger partial charge on any atom is -0.377 e. The average Bonchev–Trinajstić information content (AvgIpc) is 2.30. The summed E-state index contributed by atoms with van der Waals surface area (Å²) in [6, 6.07) is 10.5. The number of ether oxygens (including phenoxy) is 1. The predicted octanol–water partition coefficient (Wildman–Crippen LogP) is 2.62. The van der Waals surface area contributed by atoms with E-state index >= 15 is 0 Å². The van der Waals surface area contributed by atoms with Crippen LogP contribution >= 0.6 is 0 Å². The van der Waals surface area contributed by atoms with Gasteiger partial charge in [-0.2, -0.15) is 0 Å². The highest BCUT2D eigenvalue weighted by Crippen LogP contribution is 2.07. The van der Waals surface area contributed by atoms with Gasteiger partial charge < -0.3 is 10.5 Å². The van der Waals surface area contributed by atoms with Crippen molar-refractivity contribution < 1.29 is 4.74 Å². The number of hydrogen-bond acceptors (Lipinski definition) is 2. The van der Waals surface area contributed by atoms with E-state index in [-0.39, 0.29) is 6.10 Å². The van der Waals surface area contributed by atoms with Crippen LogP contribution in [0.4, 0.5) is 0 Å². The van der Waals surface area contributed by atoms with Crippen LogP contribution in [0.25, 0.3) is 0 Å². The summed E-state index contributed by atoms with van der Waals surface area (Å²) in [4.78, 5) is 0. The molecule has 1 aromatic carbocycles. The maximum atomic E-state index is 5.75. The number of aryl methyl sites for hydroxylation is 1. The van der Waals surface area contributed by atoms with E-state index in [0.29, 0.717) is 12.5 Å². The Bertz CT molecular complexity index is 271. The van der Waals surface area contributed by atoms with Crippen molar-refractivity contribution in [3.05, 3.63) is 35.9 Å². The van der Waals surface area contributed by atoms with Crippen molar-refractivity contribution in [1.29, 1.82) is 0 Å². The van der Waals surface area contributed by atoms with Crippen LogP contribution < -0.4 is 5.73 Å². The lowest BCUT2D eigenvalue weighted by Crippen LogP contribution is -2.29. The van der Waals surface area contributed by atoms with E-state index in [1.54, 1.807) is 0 Å². The molecule has 0 radical (unpaired) electrons. The third-order valence-corrected chi connectivity index (χ3v) is 2.76. The monoisotopic (exact) mass is 221 g/mol. The van der Waals surface area contributed by atoms with Crippen molar-refractivity contribution >= 4 is 0 Å². The molecular weight excluding hydrogens is 198 g/mol. The van der Waals surface area contributed by atoms with Crippen molar-refractivity contribution in [3.63, 3.8) is 0 Å². The summed E-state index contributed by atoms with van der Waals surface area (Å²) in [6.45, 7) is 5.71. The molecule has 0 heterocycles. The molecular formula is C14H23NO. The van der Waals surface area contributed by atoms with E-state index in [9.17, 15) is 0 Å². The summed E-state index contributed by atoms with van der Waals surface area (Å²) in [5, 5.41) is 0. The van der Waals surface area contributed by atoms with Crippen molar-refractivity contribution in [3.8, 4) is 0 Å². The lowest BCUT2D eigenvalue weighted by Gasteiger charge is -2.19. The molecule has 0 aliphatic heterocycles. The van der Waals surface area contributed by atoms with Crippen LogP contribution in [0.1, 0.15) is 25.8 Å². The Morgan fingerprint density at radius 3 is 2.44 bits per heavy atom. The van der Waals surface area contributed by atoms with Crippen molar-refractivity contribution in [2.45, 2.75) is 32.8 Å². The standard InChI is InChI=1S/C14H23NO/c1-12(2)14(11-15)16-10-6-9-13-7-4-3-5-8-13/h3-5,7-8,12,14H,6,9-11,15H2,1-2H3. The molecule has 0 bridgehead atoms. The van der Waals surface area contributed by atoms with Gasteiger partial charge in [-0.25, -0.2) is 0 Å². The van der Waals surface area contributed by atoms with Crippen LogP contribution in [-0.2, 0) is 11.2 Å². The summed E-state index contributed by atoms with van der Waals surface area (Å²) in [7, 11) is 0. The molecule has 0 aromatic heterocycles. The van der Waals surface area contributed by atoms with Gasteiger partial charge >= 0.3 is 0 Å². The molecule has 0 saturated carbocycles. The molecule has 0 aliphatic carbocycles. The smallest absolute Gasteiger partial charge is 0.0720 e. The third kappa shape index (κ3) is 4.77. The Morgan fingerprint density at radius 1 is 1.19 bits per heavy atom. The van der Waals surface area contributed by atoms with E-state index in [4.69, 9.17) is 10.5 Å². The van der Waals surface area contributed by atoms with Crippen LogP contribution in [0.15, 0.2) is 30.3 Å². The maximum absolute atomic E-state index is 5.75. The normalized spacial score (nSPS) is 13.0. The molecule has 0 aliphatic rings. The summed E-state index contributed by atoms with van der Waals surface area (Å²) >= 11 is 0. The summed E-state index contributed by atoms with van der Waals surface area (Å²) < 4.78 is 5.75. The minimum absolute atomic E-state index is 0.204. The number of hydrogen-bond donors (Lipinski definition) is 1. The fraction of sp³-hybridized carbons (Fsp3) is 0.571. The third-order valence-electron chi connectivity index (χ3n) is 2.76. The van der Waals surface area contributed by atoms with Gasteiger partial charge in [-0.05, 0) is 24.3 Å². The van der Waals surface area contributed by atoms with Crippen molar-refractivity contribution in [1.82, 2.24) is 0 Å². The van der Waals surface area contributed by atoms with Gasteiger partial charge in [0.1, 0.15) is 0 Å². The molecule has 16 heavy (non-hydrogen) atoms. The molecule has 2 heteroatoms. The van der Waals surface area contributed by atoms with Crippen LogP contribution in [-0.4, -0.2) is 19.3 Å². The first-order valence-electron chi connectivity index (χ1n) is 6.09. The minimum atomic E-state index is 0.204. The van der Waals surface area contributed by atoms with Crippen molar-refractivity contribution in [2.75, 3.05) is 13.2 Å². The molecule has 2 nitrogen and oxygen atoms in total. The second kappa shape index (κ2) is 7.42. The van der Waals surface area contributed by atoms with E-state index in [0.717, 1.165) is 19.4 Å². The highest BCUT2D eigenvalue weighted by molar-refractivity contribution is 5.14. The van der Waals surface area contributed by atoms with Crippen LogP contribution in [0, 0.1) is 5.92 Å². The molecule has 0 amide bonds. The van der Waals surface area contributed by atoms with Gasteiger partial charge in [0.2, 0.25) is 0 Å². The highest BCUT2D eigenvalue weighted by atomic mass is 16.5. The summed E-state index contributed by atoms with van der Waals surface area (Å²) in [5.41, 5.74) is 7.02. The van der Waals surface area contributed by atoms with Gasteiger partial charge in [0.15, 0.2) is 0 Å². The second-order valence-corrected chi connectivity index (χ2v) is 4.48. The lowest BCUT2D eigenvalue weighted by atomic mass is 10.1. The van der Waals surface area contributed by atoms with Gasteiger partial charge in [-0.15, -0.1) is 0 Å². The Kier molecular flexibility index (Phi) is 6.12. The van der Waals surface area contributed by atoms with E-state index in [1.165, 1.54) is 5.56 Å². The quantitative estimate of drug-likeness (QED) is 0.718. The number of rotatable bonds is 7. The van der Waals surface area contributed by atoms with Crippen LogP contribution in [0.5, 0.6) is 0 Å². The molecule has 0 fully saturated rings. The maximum Gasteiger partial charge on any atom is 0.0720 e. The molecule has 1 rings (SSSR count). The zero-order valence-electron chi connectivity index (χ0n) is 10.4.